The SMILES string of the molecule is [2H]c1c([2H])c(C([2H])([2H])[2H])c([2H])c([2H])c1-c1ccnc(-c2cc(-c3cccc4c3nc(-c3cc(C(C)C)cc(C(C)C)c3O)n4-c3cc(-c4ccccc4)c(C([2H])([2H])[2H])cc3-c3ccc(C(C)(C)C)cc3)cc(C(C)(C)C)c2)c1. The van der Waals surface area contributed by atoms with Crippen LogP contribution >= 0.6 is 0 Å². The Morgan fingerprint density at radius 2 is 1.26 bits per heavy atom. The van der Waals surface area contributed by atoms with Gasteiger partial charge in [0, 0.05) is 31.1 Å². The summed E-state index contributed by atoms with van der Waals surface area (Å²) in [5, 5.41) is 12.6. The van der Waals surface area contributed by atoms with Gasteiger partial charge >= 0.3 is 0 Å². The molecular weight excluding hydrogens is 827 g/mol. The lowest BCUT2D eigenvalue weighted by Gasteiger charge is -2.22. The van der Waals surface area contributed by atoms with Crippen molar-refractivity contribution in [2.45, 2.75) is 106 Å². The second-order valence-electron chi connectivity index (χ2n) is 20.6. The Balaban J connectivity index is 1.38. The Bertz CT molecular complexity index is 3750. The molecule has 2 heterocycles. The summed E-state index contributed by atoms with van der Waals surface area (Å²) in [4.78, 5) is 10.4. The molecule has 4 nitrogen and oxygen atoms in total. The van der Waals surface area contributed by atoms with Crippen LogP contribution in [0.15, 0.2) is 158 Å². The van der Waals surface area contributed by atoms with Crippen LogP contribution in [0.25, 0.3) is 83.9 Å². The molecule has 342 valence electrons. The molecule has 4 heteroatoms. The van der Waals surface area contributed by atoms with Crippen LogP contribution < -0.4 is 0 Å². The largest absolute Gasteiger partial charge is 0.507 e. The fourth-order valence-corrected chi connectivity index (χ4v) is 8.96. The first-order chi connectivity index (χ1) is 36.4. The Hall–Kier alpha value is -7.04. The minimum atomic E-state index is -2.85. The van der Waals surface area contributed by atoms with E-state index in [-0.39, 0.29) is 39.5 Å². The molecule has 0 atom stereocenters. The number of rotatable bonds is 9. The molecule has 2 aromatic heterocycles. The van der Waals surface area contributed by atoms with Gasteiger partial charge in [-0.05, 0) is 146 Å². The van der Waals surface area contributed by atoms with Crippen LogP contribution in [-0.2, 0) is 10.8 Å². The topological polar surface area (TPSA) is 50.9 Å². The number of nitrogens with zero attached hydrogens (tertiary/aromatic N) is 3. The molecule has 0 amide bonds. The number of aromatic hydroxyl groups is 1. The summed E-state index contributed by atoms with van der Waals surface area (Å²) in [7, 11) is 0. The maximum atomic E-state index is 12.6. The van der Waals surface area contributed by atoms with E-state index in [2.05, 4.69) is 98.1 Å². The van der Waals surface area contributed by atoms with Gasteiger partial charge in [-0.3, -0.25) is 9.55 Å². The van der Waals surface area contributed by atoms with Gasteiger partial charge in [0.1, 0.15) is 11.6 Å². The third-order valence-electron chi connectivity index (χ3n) is 13.0. The van der Waals surface area contributed by atoms with E-state index >= 15 is 0 Å². The number of hydrogen-bond donors (Lipinski definition) is 1. The van der Waals surface area contributed by atoms with Crippen LogP contribution in [0.2, 0.25) is 0 Å². The molecule has 0 spiro atoms. The lowest BCUT2D eigenvalue weighted by molar-refractivity contribution is 0.466. The molecule has 0 fully saturated rings. The summed E-state index contributed by atoms with van der Waals surface area (Å²) >= 11 is 0. The number of phenolic OH excluding ortho intramolecular Hbond substituents is 1. The number of benzene rings is 7. The second kappa shape index (κ2) is 17.9. The summed E-state index contributed by atoms with van der Waals surface area (Å²) in [6.45, 7) is 15.8. The van der Waals surface area contributed by atoms with E-state index in [4.69, 9.17) is 23.7 Å². The van der Waals surface area contributed by atoms with Crippen LogP contribution in [0, 0.1) is 13.7 Å². The Kier molecular flexibility index (Phi) is 9.24. The van der Waals surface area contributed by atoms with Gasteiger partial charge in [-0.2, -0.15) is 0 Å². The van der Waals surface area contributed by atoms with Crippen LogP contribution in [-0.4, -0.2) is 19.6 Å². The molecule has 0 radical (unpaired) electrons. The normalized spacial score (nSPS) is 14.6. The highest BCUT2D eigenvalue weighted by atomic mass is 16.3. The van der Waals surface area contributed by atoms with E-state index in [0.29, 0.717) is 56.1 Å². The third-order valence-corrected chi connectivity index (χ3v) is 13.0. The number of para-hydroxylation sites is 1. The third kappa shape index (κ3) is 8.93. The van der Waals surface area contributed by atoms with Gasteiger partial charge in [-0.1, -0.05) is 178 Å². The molecule has 0 bridgehead atoms. The molecular formula is C64H65N3O. The first-order valence-corrected chi connectivity index (χ1v) is 23.4. The Morgan fingerprint density at radius 3 is 1.93 bits per heavy atom. The zero-order valence-electron chi connectivity index (χ0n) is 50.6. The minimum absolute atomic E-state index is 0.0334. The Labute approximate surface area is 418 Å². The van der Waals surface area contributed by atoms with Gasteiger partial charge in [0.25, 0.3) is 0 Å². The number of aryl methyl sites for hydroxylation is 1. The molecule has 0 aliphatic heterocycles. The molecule has 0 saturated carbocycles. The van der Waals surface area contributed by atoms with Gasteiger partial charge < -0.3 is 5.11 Å². The monoisotopic (exact) mass is 902 g/mol. The highest BCUT2D eigenvalue weighted by molar-refractivity contribution is 5.98. The first-order valence-electron chi connectivity index (χ1n) is 28.4. The molecule has 0 aliphatic carbocycles. The summed E-state index contributed by atoms with van der Waals surface area (Å²) in [5.41, 5.74) is 11.2. The number of fused-ring (bicyclic) bond motifs is 1. The summed E-state index contributed by atoms with van der Waals surface area (Å²) in [6, 6.07) is 39.0. The van der Waals surface area contributed by atoms with Crippen LogP contribution in [0.3, 0.4) is 0 Å². The van der Waals surface area contributed by atoms with Gasteiger partial charge in [-0.15, -0.1) is 0 Å². The minimum Gasteiger partial charge on any atom is -0.507 e. The maximum absolute atomic E-state index is 12.6. The Morgan fingerprint density at radius 1 is 0.559 bits per heavy atom. The molecule has 68 heavy (non-hydrogen) atoms. The van der Waals surface area contributed by atoms with Gasteiger partial charge in [-0.25, -0.2) is 4.98 Å². The molecule has 9 aromatic rings. The van der Waals surface area contributed by atoms with Crippen molar-refractivity contribution in [1.82, 2.24) is 14.5 Å². The molecule has 7 aromatic carbocycles. The van der Waals surface area contributed by atoms with Crippen LogP contribution in [0.1, 0.15) is 128 Å². The molecule has 0 saturated heterocycles. The van der Waals surface area contributed by atoms with Crippen LogP contribution in [0.4, 0.5) is 0 Å². The molecule has 0 unspecified atom stereocenters. The maximum Gasteiger partial charge on any atom is 0.149 e. The predicted molar refractivity (Wildman–Crippen MR) is 288 cm³/mol. The van der Waals surface area contributed by atoms with Crippen molar-refractivity contribution in [3.05, 3.63) is 191 Å². The number of phenols is 1. The van der Waals surface area contributed by atoms with Crippen molar-refractivity contribution in [2.75, 3.05) is 0 Å². The van der Waals surface area contributed by atoms with Crippen molar-refractivity contribution < 1.29 is 18.8 Å². The molecule has 0 aliphatic rings. The van der Waals surface area contributed by atoms with Crippen molar-refractivity contribution in [3.8, 4) is 78.6 Å². The zero-order valence-corrected chi connectivity index (χ0v) is 40.6. The summed E-state index contributed by atoms with van der Waals surface area (Å²) in [5.74, 6) is 0.610. The fourth-order valence-electron chi connectivity index (χ4n) is 8.96. The average molecular weight is 902 g/mol. The van der Waals surface area contributed by atoms with Crippen molar-refractivity contribution >= 4 is 11.0 Å². The van der Waals surface area contributed by atoms with E-state index in [1.165, 1.54) is 0 Å². The van der Waals surface area contributed by atoms with Crippen molar-refractivity contribution in [1.29, 1.82) is 0 Å². The van der Waals surface area contributed by atoms with E-state index in [0.717, 1.165) is 44.5 Å². The number of imidazole rings is 1. The van der Waals surface area contributed by atoms with Gasteiger partial charge in [0.2, 0.25) is 0 Å². The van der Waals surface area contributed by atoms with E-state index in [9.17, 15) is 5.11 Å². The number of aromatic nitrogens is 3. The van der Waals surface area contributed by atoms with E-state index < -0.39 is 43.4 Å². The average Bonchev–Trinajstić information content (AvgIpc) is 3.98. The highest BCUT2D eigenvalue weighted by Crippen LogP contribution is 2.46. The van der Waals surface area contributed by atoms with Crippen LogP contribution in [0.5, 0.6) is 5.75 Å². The quantitative estimate of drug-likeness (QED) is 0.157. The van der Waals surface area contributed by atoms with Crippen molar-refractivity contribution in [3.63, 3.8) is 0 Å². The zero-order chi connectivity index (χ0) is 56.7. The lowest BCUT2D eigenvalue weighted by atomic mass is 9.83. The van der Waals surface area contributed by atoms with Gasteiger partial charge in [0.15, 0.2) is 0 Å². The number of hydrogen-bond acceptors (Lipinski definition) is 3. The summed E-state index contributed by atoms with van der Waals surface area (Å²) in [6.07, 6.45) is 1.55. The van der Waals surface area contributed by atoms with E-state index in [1.807, 2.05) is 84.9 Å². The van der Waals surface area contributed by atoms with Gasteiger partial charge in [0.05, 0.1) is 33.5 Å². The summed E-state index contributed by atoms with van der Waals surface area (Å²) < 4.78 is 87.9. The van der Waals surface area contributed by atoms with Crippen molar-refractivity contribution in [2.24, 2.45) is 0 Å². The lowest BCUT2D eigenvalue weighted by Crippen LogP contribution is -2.11. The highest BCUT2D eigenvalue weighted by Gasteiger charge is 2.27. The number of pyridine rings is 1. The standard InChI is InChI=1S/C64H65N3O/c1-39(2)47-35-53(40(3)4)61(68)56(36-47)62-66-60-52(48-32-49(34-51(33-48)64(10,11)12)57-37-46(29-30-65-57)43-23-21-41(5)22-24-43)19-16-20-58(60)67(62)59-38-54(44-17-14-13-15-18-44)42(6)31-55(59)45-25-27-50(28-26-45)63(7,8)9/h13-40,68H,1-12H3/i5D3,6D3,21D,22D,23D,24D. The fraction of sp³-hybridized carbons (Fsp3) is 0.250. The second-order valence-corrected chi connectivity index (χ2v) is 20.6. The van der Waals surface area contributed by atoms with E-state index in [1.54, 1.807) is 24.4 Å². The predicted octanol–water partition coefficient (Wildman–Crippen LogP) is 17.6. The molecule has 1 N–H and O–H groups in total. The molecule has 9 rings (SSSR count). The smallest absolute Gasteiger partial charge is 0.149 e. The first kappa shape index (κ1) is 35.2.